The number of nitrogens with zero attached hydrogens (tertiary/aromatic N) is 1. The Labute approximate surface area is 142 Å². The number of amides is 2. The van der Waals surface area contributed by atoms with E-state index in [1.807, 2.05) is 31.2 Å². The van der Waals surface area contributed by atoms with Crippen LogP contribution in [-0.2, 0) is 25.5 Å². The van der Waals surface area contributed by atoms with Crippen LogP contribution in [0.3, 0.4) is 0 Å². The number of hydrogen-bond donors (Lipinski definition) is 1. The number of carbonyl (C=O) groups excluding carboxylic acids is 2. The van der Waals surface area contributed by atoms with Gasteiger partial charge in [0.05, 0.1) is 26.2 Å². The van der Waals surface area contributed by atoms with Gasteiger partial charge in [0.2, 0.25) is 11.8 Å². The van der Waals surface area contributed by atoms with Crippen LogP contribution in [0, 0.1) is 6.92 Å². The molecule has 2 saturated heterocycles. The molecule has 6 nitrogen and oxygen atoms in total. The second kappa shape index (κ2) is 7.32. The number of aryl methyl sites for hydroxylation is 1. The Balaban J connectivity index is 1.40. The van der Waals surface area contributed by atoms with E-state index < -0.39 is 5.79 Å². The molecule has 0 aromatic heterocycles. The number of benzene rings is 1. The van der Waals surface area contributed by atoms with E-state index in [2.05, 4.69) is 5.32 Å². The van der Waals surface area contributed by atoms with Crippen LogP contribution in [-0.4, -0.2) is 55.3 Å². The van der Waals surface area contributed by atoms with Gasteiger partial charge in [0.1, 0.15) is 0 Å². The summed E-state index contributed by atoms with van der Waals surface area (Å²) in [5.41, 5.74) is 2.11. The lowest BCUT2D eigenvalue weighted by molar-refractivity contribution is -0.187. The Morgan fingerprint density at radius 1 is 1.12 bits per heavy atom. The molecule has 0 unspecified atom stereocenters. The highest BCUT2D eigenvalue weighted by Crippen LogP contribution is 2.31. The van der Waals surface area contributed by atoms with Crippen LogP contribution in [0.2, 0.25) is 0 Å². The Hall–Kier alpha value is -1.92. The molecule has 1 aromatic carbocycles. The van der Waals surface area contributed by atoms with E-state index in [0.717, 1.165) is 11.1 Å². The Morgan fingerprint density at radius 2 is 1.75 bits per heavy atom. The minimum absolute atomic E-state index is 0.0411. The van der Waals surface area contributed by atoms with Crippen LogP contribution in [0.4, 0.5) is 0 Å². The zero-order valence-corrected chi connectivity index (χ0v) is 14.0. The highest BCUT2D eigenvalue weighted by molar-refractivity contribution is 5.85. The molecule has 2 aliphatic heterocycles. The topological polar surface area (TPSA) is 67.9 Å². The van der Waals surface area contributed by atoms with Crippen LogP contribution >= 0.6 is 0 Å². The Kier molecular flexibility index (Phi) is 5.16. The van der Waals surface area contributed by atoms with Gasteiger partial charge in [0.25, 0.3) is 0 Å². The first-order valence-corrected chi connectivity index (χ1v) is 8.44. The van der Waals surface area contributed by atoms with Gasteiger partial charge in [0.15, 0.2) is 5.79 Å². The molecular weight excluding hydrogens is 308 g/mol. The van der Waals surface area contributed by atoms with Gasteiger partial charge in [-0.1, -0.05) is 29.8 Å². The SMILES string of the molecule is Cc1ccc(CC(=O)NCC(=O)N2CCC3(CC2)OCCO3)cc1. The number of nitrogens with one attached hydrogen (secondary N) is 1. The molecule has 1 aromatic rings. The second-order valence-electron chi connectivity index (χ2n) is 6.43. The normalized spacial score (nSPS) is 19.5. The van der Waals surface area contributed by atoms with E-state index in [-0.39, 0.29) is 18.4 Å². The predicted octanol–water partition coefficient (Wildman–Crippen LogP) is 1.02. The zero-order valence-electron chi connectivity index (χ0n) is 14.0. The fraction of sp³-hybridized carbons (Fsp3) is 0.556. The summed E-state index contributed by atoms with van der Waals surface area (Å²) in [7, 11) is 0. The molecule has 0 radical (unpaired) electrons. The molecule has 2 amide bonds. The third kappa shape index (κ3) is 4.13. The van der Waals surface area contributed by atoms with Gasteiger partial charge in [-0.05, 0) is 12.5 Å². The molecule has 2 heterocycles. The van der Waals surface area contributed by atoms with Gasteiger partial charge in [-0.25, -0.2) is 0 Å². The summed E-state index contributed by atoms with van der Waals surface area (Å²) in [6, 6.07) is 7.82. The van der Waals surface area contributed by atoms with Gasteiger partial charge in [0, 0.05) is 25.9 Å². The van der Waals surface area contributed by atoms with Crippen molar-refractivity contribution < 1.29 is 19.1 Å². The predicted molar refractivity (Wildman–Crippen MR) is 88.3 cm³/mol. The first kappa shape index (κ1) is 16.9. The van der Waals surface area contributed by atoms with Crippen LogP contribution in [0.5, 0.6) is 0 Å². The average molecular weight is 332 g/mol. The average Bonchev–Trinajstić information content (AvgIpc) is 3.03. The number of likely N-dealkylation sites (tertiary alicyclic amines) is 1. The highest BCUT2D eigenvalue weighted by Gasteiger charge is 2.40. The molecule has 6 heteroatoms. The summed E-state index contributed by atoms with van der Waals surface area (Å²) in [6.45, 7) is 4.51. The largest absolute Gasteiger partial charge is 0.347 e. The molecule has 2 aliphatic rings. The number of piperidine rings is 1. The molecule has 130 valence electrons. The van der Waals surface area contributed by atoms with Gasteiger partial charge in [-0.15, -0.1) is 0 Å². The van der Waals surface area contributed by atoms with Gasteiger partial charge in [-0.2, -0.15) is 0 Å². The minimum atomic E-state index is -0.481. The van der Waals surface area contributed by atoms with E-state index in [9.17, 15) is 9.59 Å². The molecular formula is C18H24N2O4. The summed E-state index contributed by atoms with van der Waals surface area (Å²) in [5.74, 6) is -0.672. The monoisotopic (exact) mass is 332 g/mol. The van der Waals surface area contributed by atoms with Crippen molar-refractivity contribution in [1.29, 1.82) is 0 Å². The molecule has 3 rings (SSSR count). The van der Waals surface area contributed by atoms with E-state index in [0.29, 0.717) is 45.6 Å². The lowest BCUT2D eigenvalue weighted by Gasteiger charge is -2.37. The van der Waals surface area contributed by atoms with E-state index in [1.54, 1.807) is 4.90 Å². The summed E-state index contributed by atoms with van der Waals surface area (Å²) < 4.78 is 11.3. The summed E-state index contributed by atoms with van der Waals surface area (Å²) in [5, 5.41) is 2.71. The molecule has 24 heavy (non-hydrogen) atoms. The summed E-state index contributed by atoms with van der Waals surface area (Å²) >= 11 is 0. The first-order chi connectivity index (χ1) is 11.6. The highest BCUT2D eigenvalue weighted by atomic mass is 16.7. The molecule has 1 N–H and O–H groups in total. The van der Waals surface area contributed by atoms with Crippen molar-refractivity contribution in [3.63, 3.8) is 0 Å². The molecule has 0 bridgehead atoms. The van der Waals surface area contributed by atoms with Crippen LogP contribution < -0.4 is 5.32 Å². The van der Waals surface area contributed by atoms with Crippen LogP contribution in [0.15, 0.2) is 24.3 Å². The minimum Gasteiger partial charge on any atom is -0.347 e. The van der Waals surface area contributed by atoms with Crippen molar-refractivity contribution in [2.75, 3.05) is 32.8 Å². The van der Waals surface area contributed by atoms with Gasteiger partial charge in [-0.3, -0.25) is 9.59 Å². The molecule has 0 atom stereocenters. The van der Waals surface area contributed by atoms with Crippen LogP contribution in [0.25, 0.3) is 0 Å². The fourth-order valence-electron chi connectivity index (χ4n) is 3.12. The van der Waals surface area contributed by atoms with Crippen molar-refractivity contribution in [3.8, 4) is 0 Å². The molecule has 0 saturated carbocycles. The zero-order chi connectivity index (χ0) is 17.0. The van der Waals surface area contributed by atoms with Gasteiger partial charge < -0.3 is 19.7 Å². The smallest absolute Gasteiger partial charge is 0.241 e. The standard InChI is InChI=1S/C18H24N2O4/c1-14-2-4-15(5-3-14)12-16(21)19-13-17(22)20-8-6-18(7-9-20)23-10-11-24-18/h2-5H,6-13H2,1H3,(H,19,21). The van der Waals surface area contributed by atoms with E-state index in [1.165, 1.54) is 0 Å². The summed E-state index contributed by atoms with van der Waals surface area (Å²) in [6.07, 6.45) is 1.67. The maximum absolute atomic E-state index is 12.2. The lowest BCUT2D eigenvalue weighted by atomic mass is 10.0. The van der Waals surface area contributed by atoms with Crippen molar-refractivity contribution >= 4 is 11.8 Å². The number of rotatable bonds is 4. The molecule has 2 fully saturated rings. The number of hydrogen-bond acceptors (Lipinski definition) is 4. The van der Waals surface area contributed by atoms with E-state index in [4.69, 9.17) is 9.47 Å². The Morgan fingerprint density at radius 3 is 2.38 bits per heavy atom. The van der Waals surface area contributed by atoms with Crippen molar-refractivity contribution in [3.05, 3.63) is 35.4 Å². The first-order valence-electron chi connectivity index (χ1n) is 8.44. The van der Waals surface area contributed by atoms with Gasteiger partial charge >= 0.3 is 0 Å². The summed E-state index contributed by atoms with van der Waals surface area (Å²) in [4.78, 5) is 26.0. The Bertz CT molecular complexity index is 584. The maximum Gasteiger partial charge on any atom is 0.241 e. The van der Waals surface area contributed by atoms with Crippen molar-refractivity contribution in [1.82, 2.24) is 10.2 Å². The van der Waals surface area contributed by atoms with Crippen molar-refractivity contribution in [2.24, 2.45) is 0 Å². The lowest BCUT2D eigenvalue weighted by Crippen LogP contribution is -2.49. The quantitative estimate of drug-likeness (QED) is 0.894. The third-order valence-electron chi connectivity index (χ3n) is 4.61. The van der Waals surface area contributed by atoms with Crippen LogP contribution in [0.1, 0.15) is 24.0 Å². The number of carbonyl (C=O) groups is 2. The second-order valence-corrected chi connectivity index (χ2v) is 6.43. The molecule has 0 aliphatic carbocycles. The van der Waals surface area contributed by atoms with Crippen molar-refractivity contribution in [2.45, 2.75) is 32.0 Å². The fourth-order valence-corrected chi connectivity index (χ4v) is 3.12. The molecule has 1 spiro atoms. The third-order valence-corrected chi connectivity index (χ3v) is 4.61. The van der Waals surface area contributed by atoms with E-state index >= 15 is 0 Å². The maximum atomic E-state index is 12.2. The number of ether oxygens (including phenoxy) is 2.